The molecule has 4 aromatic rings. The number of rotatable bonds is 38. The molecule has 1 aliphatic carbocycles. The number of ether oxygens (including phenoxy) is 1. The number of aliphatic carboxylic acids is 1. The highest BCUT2D eigenvalue weighted by molar-refractivity contribution is 5.96. The van der Waals surface area contributed by atoms with E-state index in [1.807, 2.05) is 60.4 Å². The van der Waals surface area contributed by atoms with Crippen LogP contribution >= 0.6 is 0 Å². The average Bonchev–Trinajstić information content (AvgIpc) is 1.62. The van der Waals surface area contributed by atoms with Gasteiger partial charge in [0.15, 0.2) is 0 Å². The SMILES string of the molecule is CCN(CCN(CC(=O)NCC(=O)N[C@H](C(=O)N[C@@H](CCC(=O)N[C@@H](CC(C)C)C(=O)N[C@H](CNC(=O)CCO)C(=O)N[C@@H](C)C(=O)NCC(=O)NCC(N)=O)C(=O)O)C(C)C)C(=O)OCC1c2ccccc2-c2ccccc21)c1ccc(N=Nc2ccc([N+](=O)[O-])cc2)cc1. The Bertz CT molecular complexity index is 3410. The van der Waals surface area contributed by atoms with E-state index in [1.165, 1.54) is 36.1 Å². The van der Waals surface area contributed by atoms with Gasteiger partial charge in [-0.2, -0.15) is 10.2 Å². The molecule has 13 N–H and O–H groups in total. The molecule has 0 unspecified atom stereocenters. The number of fused-ring (bicyclic) bond motifs is 3. The number of nitrogens with one attached hydrogen (secondary N) is 9. The number of likely N-dealkylation sites (N-methyl/N-ethyl adjacent to an activating group) is 1. The fourth-order valence-corrected chi connectivity index (χ4v) is 9.88. The van der Waals surface area contributed by atoms with Crippen LogP contribution in [0.5, 0.6) is 0 Å². The summed E-state index contributed by atoms with van der Waals surface area (Å²) in [6.45, 7) is 6.89. The molecule has 5 atom stereocenters. The number of azo groups is 1. The molecule has 32 nitrogen and oxygen atoms in total. The summed E-state index contributed by atoms with van der Waals surface area (Å²) in [6, 6.07) is 20.8. The first kappa shape index (κ1) is 75.8. The number of carbonyl (C=O) groups excluding carboxylic acids is 11. The van der Waals surface area contributed by atoms with E-state index in [0.29, 0.717) is 17.9 Å². The Kier molecular flexibility index (Phi) is 29.8. The van der Waals surface area contributed by atoms with E-state index in [4.69, 9.17) is 10.5 Å². The quantitative estimate of drug-likeness (QED) is 0.0172. The standard InChI is InChI=1S/C64H83N15O17/c1-7-77(42-20-16-40(17-21-42)75-76-41-18-22-43(23-19-41)79(94)95)27-28-78(64(93)96-36-48-46-14-10-8-12-44(46)45-13-9-11-15-47(45)48)35-57(86)68-34-56(85)74-58(38(4)5)62(90)72-49(63(91)92)24-25-54(83)71-50(30-37(2)3)60(88)73-51(31-66-53(82)26-29-80)61(89)70-39(6)59(87)69-33-55(84)67-32-52(65)81/h8-23,37-39,48-51,58,80H,7,24-36H2,1-6H3,(H2,65,81)(H,66,82)(H,67,84)(H,68,86)(H,69,87)(H,70,89)(H,71,83)(H,72,90)(H,73,88)(H,74,85)(H,91,92)/t39-,49-,50-,51+,58-/m0/s1. The van der Waals surface area contributed by atoms with Crippen molar-refractivity contribution in [1.29, 1.82) is 0 Å². The molecule has 0 aliphatic heterocycles. The van der Waals surface area contributed by atoms with Crippen LogP contribution in [0.15, 0.2) is 107 Å². The summed E-state index contributed by atoms with van der Waals surface area (Å²) in [5.41, 5.74) is 10.5. The van der Waals surface area contributed by atoms with Gasteiger partial charge >= 0.3 is 12.1 Å². The maximum atomic E-state index is 14.1. The number of aliphatic hydroxyl groups excluding tert-OH is 1. The Morgan fingerprint density at radius 3 is 1.75 bits per heavy atom. The predicted octanol–water partition coefficient (Wildman–Crippen LogP) is 1.43. The largest absolute Gasteiger partial charge is 0.480 e. The lowest BCUT2D eigenvalue weighted by Gasteiger charge is -2.28. The van der Waals surface area contributed by atoms with E-state index in [1.54, 1.807) is 52.0 Å². The third-order valence-corrected chi connectivity index (χ3v) is 15.0. The Labute approximate surface area is 553 Å². The van der Waals surface area contributed by atoms with E-state index >= 15 is 0 Å². The number of amides is 11. The maximum Gasteiger partial charge on any atom is 0.410 e. The molecule has 0 heterocycles. The number of non-ortho nitro benzene ring substituents is 1. The molecule has 0 radical (unpaired) electrons. The number of carboxylic acid groups (broad SMARTS) is 1. The second kappa shape index (κ2) is 37.7. The predicted molar refractivity (Wildman–Crippen MR) is 348 cm³/mol. The van der Waals surface area contributed by atoms with E-state index < -0.39 is 164 Å². The summed E-state index contributed by atoms with van der Waals surface area (Å²) in [5, 5.41) is 60.3. The maximum absolute atomic E-state index is 14.1. The number of carboxylic acids is 1. The number of nitro groups is 1. The number of carbonyl (C=O) groups is 12. The summed E-state index contributed by atoms with van der Waals surface area (Å²) in [4.78, 5) is 170. The van der Waals surface area contributed by atoms with Gasteiger partial charge in [0.05, 0.1) is 42.5 Å². The van der Waals surface area contributed by atoms with Crippen molar-refractivity contribution < 1.29 is 77.4 Å². The van der Waals surface area contributed by atoms with Crippen LogP contribution in [0.2, 0.25) is 0 Å². The van der Waals surface area contributed by atoms with Gasteiger partial charge < -0.3 is 73.4 Å². The fraction of sp³-hybridized carbons (Fsp3) is 0.438. The monoisotopic (exact) mass is 1330 g/mol. The minimum Gasteiger partial charge on any atom is -0.480 e. The molecule has 0 spiro atoms. The molecular formula is C64H83N15O17. The normalized spacial score (nSPS) is 13.1. The van der Waals surface area contributed by atoms with E-state index in [9.17, 15) is 77.9 Å². The van der Waals surface area contributed by atoms with Crippen molar-refractivity contribution >= 4 is 93.9 Å². The summed E-state index contributed by atoms with van der Waals surface area (Å²) in [7, 11) is 0. The molecule has 0 fully saturated rings. The summed E-state index contributed by atoms with van der Waals surface area (Å²) in [5.74, 6) is -11.3. The van der Waals surface area contributed by atoms with Crippen molar-refractivity contribution in [2.45, 2.75) is 103 Å². The number of nitrogens with two attached hydrogens (primary N) is 1. The Morgan fingerprint density at radius 1 is 0.615 bits per heavy atom. The first-order valence-corrected chi connectivity index (χ1v) is 31.0. The van der Waals surface area contributed by atoms with Crippen LogP contribution in [0, 0.1) is 22.0 Å². The molecule has 11 amide bonds. The van der Waals surface area contributed by atoms with Crippen molar-refractivity contribution in [3.63, 3.8) is 0 Å². The summed E-state index contributed by atoms with van der Waals surface area (Å²) < 4.78 is 5.97. The van der Waals surface area contributed by atoms with Gasteiger partial charge in [-0.05, 0) is 97.2 Å². The van der Waals surface area contributed by atoms with Gasteiger partial charge in [-0.1, -0.05) is 76.2 Å². The number of nitrogens with zero attached hydrogens (tertiary/aromatic N) is 5. The van der Waals surface area contributed by atoms with Crippen molar-refractivity contribution in [3.8, 4) is 11.1 Å². The fourth-order valence-electron chi connectivity index (χ4n) is 9.88. The molecular weight excluding hydrogens is 1250 g/mol. The van der Waals surface area contributed by atoms with Crippen molar-refractivity contribution in [1.82, 2.24) is 52.8 Å². The zero-order valence-electron chi connectivity index (χ0n) is 54.1. The van der Waals surface area contributed by atoms with Crippen LogP contribution in [0.1, 0.15) is 84.3 Å². The Balaban J connectivity index is 1.19. The van der Waals surface area contributed by atoms with Crippen LogP contribution in [-0.4, -0.2) is 187 Å². The molecule has 5 rings (SSSR count). The summed E-state index contributed by atoms with van der Waals surface area (Å²) in [6.07, 6.45) is -2.28. The van der Waals surface area contributed by atoms with E-state index in [2.05, 4.69) is 58.1 Å². The molecule has 1 aliphatic rings. The van der Waals surface area contributed by atoms with E-state index in [-0.39, 0.29) is 50.1 Å². The second-order valence-corrected chi connectivity index (χ2v) is 23.1. The lowest BCUT2D eigenvalue weighted by atomic mass is 9.98. The molecule has 0 bridgehead atoms. The highest BCUT2D eigenvalue weighted by Crippen LogP contribution is 2.44. The zero-order valence-corrected chi connectivity index (χ0v) is 54.1. The van der Waals surface area contributed by atoms with Gasteiger partial charge in [-0.15, -0.1) is 0 Å². The number of aliphatic hydroxyl groups is 1. The number of nitro benzene ring substituents is 1. The van der Waals surface area contributed by atoms with Crippen LogP contribution in [0.3, 0.4) is 0 Å². The van der Waals surface area contributed by atoms with Gasteiger partial charge in [0.2, 0.25) is 59.1 Å². The number of hydrogen-bond donors (Lipinski definition) is 12. The first-order valence-electron chi connectivity index (χ1n) is 31.0. The smallest absolute Gasteiger partial charge is 0.410 e. The molecule has 96 heavy (non-hydrogen) atoms. The number of benzene rings is 4. The first-order chi connectivity index (χ1) is 45.7. The molecule has 0 saturated carbocycles. The van der Waals surface area contributed by atoms with Crippen LogP contribution in [0.25, 0.3) is 11.1 Å². The van der Waals surface area contributed by atoms with Crippen LogP contribution in [0.4, 0.5) is 27.5 Å². The average molecular weight is 1330 g/mol. The Hall–Kier alpha value is -10.9. The Morgan fingerprint density at radius 2 is 1.19 bits per heavy atom. The topological polar surface area (TPSA) is 463 Å². The lowest BCUT2D eigenvalue weighted by Crippen LogP contribution is -2.59. The van der Waals surface area contributed by atoms with Gasteiger partial charge in [0, 0.05) is 62.8 Å². The minimum absolute atomic E-state index is 0.0202. The van der Waals surface area contributed by atoms with E-state index in [0.717, 1.165) is 27.9 Å². The van der Waals surface area contributed by atoms with Crippen molar-refractivity contribution in [3.05, 3.63) is 118 Å². The van der Waals surface area contributed by atoms with Gasteiger partial charge in [0.25, 0.3) is 5.69 Å². The summed E-state index contributed by atoms with van der Waals surface area (Å²) >= 11 is 0. The number of primary amides is 1. The van der Waals surface area contributed by atoms with Crippen molar-refractivity contribution in [2.24, 2.45) is 27.8 Å². The lowest BCUT2D eigenvalue weighted by molar-refractivity contribution is -0.384. The van der Waals surface area contributed by atoms with Gasteiger partial charge in [0.1, 0.15) is 43.4 Å². The minimum atomic E-state index is -1.71. The number of anilines is 1. The highest BCUT2D eigenvalue weighted by Gasteiger charge is 2.34. The van der Waals surface area contributed by atoms with Gasteiger partial charge in [-0.3, -0.25) is 63.0 Å². The van der Waals surface area contributed by atoms with Crippen LogP contribution < -0.4 is 58.5 Å². The molecule has 4 aromatic carbocycles. The number of hydrogen-bond acceptors (Lipinski definition) is 19. The third kappa shape index (κ3) is 24.2. The molecule has 32 heteroatoms. The molecule has 0 aromatic heterocycles. The van der Waals surface area contributed by atoms with Crippen LogP contribution in [-0.2, 0) is 57.5 Å². The second-order valence-electron chi connectivity index (χ2n) is 23.1. The third-order valence-electron chi connectivity index (χ3n) is 15.0. The van der Waals surface area contributed by atoms with Crippen molar-refractivity contribution in [2.75, 3.05) is 70.5 Å². The van der Waals surface area contributed by atoms with Gasteiger partial charge in [-0.25, -0.2) is 9.59 Å². The zero-order chi connectivity index (χ0) is 70.6. The molecule has 0 saturated heterocycles. The highest BCUT2D eigenvalue weighted by atomic mass is 16.6. The molecule has 516 valence electrons.